The minimum Gasteiger partial charge on any atom is -0.372 e. The van der Waals surface area contributed by atoms with E-state index in [1.165, 1.54) is 16.8 Å². The minimum absolute atomic E-state index is 0.292. The number of rotatable bonds is 4. The van der Waals surface area contributed by atoms with Crippen LogP contribution in [0.4, 0.5) is 5.69 Å². The number of para-hydroxylation sites is 1. The van der Waals surface area contributed by atoms with Gasteiger partial charge in [-0.3, -0.25) is 4.99 Å². The van der Waals surface area contributed by atoms with Gasteiger partial charge in [0.15, 0.2) is 0 Å². The molecule has 0 spiro atoms. The third kappa shape index (κ3) is 2.93. The number of nitrogens with zero attached hydrogens (tertiary/aromatic N) is 2. The van der Waals surface area contributed by atoms with E-state index in [1.54, 1.807) is 0 Å². The molecule has 2 aliphatic rings. The van der Waals surface area contributed by atoms with E-state index in [1.807, 2.05) is 12.1 Å². The third-order valence-corrected chi connectivity index (χ3v) is 4.94. The van der Waals surface area contributed by atoms with Gasteiger partial charge in [0, 0.05) is 30.2 Å². The first-order chi connectivity index (χ1) is 11.3. The van der Waals surface area contributed by atoms with Gasteiger partial charge in [-0.15, -0.1) is 0 Å². The summed E-state index contributed by atoms with van der Waals surface area (Å²) >= 11 is 6.08. The standard InChI is InChI=1S/C19H20ClN3/c20-16-7-5-15(6-8-16)18(13-19-21-10-11-22-19)23-12-9-14-3-1-2-4-17(14)23/h1-8,18H,9-13H2,(H,21,22). The van der Waals surface area contributed by atoms with Crippen LogP contribution in [0.2, 0.25) is 5.02 Å². The lowest BCUT2D eigenvalue weighted by atomic mass is 10.0. The highest BCUT2D eigenvalue weighted by atomic mass is 35.5. The summed E-state index contributed by atoms with van der Waals surface area (Å²) in [5, 5.41) is 4.20. The van der Waals surface area contributed by atoms with Crippen molar-refractivity contribution in [3.8, 4) is 0 Å². The molecule has 0 radical (unpaired) electrons. The molecule has 1 atom stereocenters. The summed E-state index contributed by atoms with van der Waals surface area (Å²) < 4.78 is 0. The number of anilines is 1. The highest BCUT2D eigenvalue weighted by molar-refractivity contribution is 6.30. The van der Waals surface area contributed by atoms with E-state index in [4.69, 9.17) is 11.6 Å². The molecule has 0 amide bonds. The molecule has 0 aliphatic carbocycles. The smallest absolute Gasteiger partial charge is 0.0988 e. The van der Waals surface area contributed by atoms with Gasteiger partial charge >= 0.3 is 0 Å². The van der Waals surface area contributed by atoms with Crippen LogP contribution in [0.3, 0.4) is 0 Å². The van der Waals surface area contributed by atoms with Crippen molar-refractivity contribution in [3.63, 3.8) is 0 Å². The molecular weight excluding hydrogens is 306 g/mol. The molecule has 0 saturated carbocycles. The van der Waals surface area contributed by atoms with E-state index in [0.29, 0.717) is 6.04 Å². The van der Waals surface area contributed by atoms with Gasteiger partial charge in [0.25, 0.3) is 0 Å². The molecule has 4 rings (SSSR count). The Balaban J connectivity index is 1.69. The summed E-state index contributed by atoms with van der Waals surface area (Å²) in [5.74, 6) is 1.12. The number of benzene rings is 2. The van der Waals surface area contributed by atoms with Gasteiger partial charge in [0.1, 0.15) is 0 Å². The first kappa shape index (κ1) is 14.6. The van der Waals surface area contributed by atoms with Gasteiger partial charge in [0.2, 0.25) is 0 Å². The Morgan fingerprint density at radius 3 is 2.74 bits per heavy atom. The molecule has 0 saturated heterocycles. The molecule has 2 heterocycles. The molecule has 4 heteroatoms. The molecule has 0 fully saturated rings. The SMILES string of the molecule is Clc1ccc(C(CC2=NCCN2)N2CCc3ccccc32)cc1. The van der Waals surface area contributed by atoms with Gasteiger partial charge in [-0.2, -0.15) is 0 Å². The van der Waals surface area contributed by atoms with Crippen LogP contribution in [-0.4, -0.2) is 25.5 Å². The molecule has 118 valence electrons. The van der Waals surface area contributed by atoms with Crippen LogP contribution in [0.15, 0.2) is 53.5 Å². The van der Waals surface area contributed by atoms with Crippen molar-refractivity contribution >= 4 is 23.1 Å². The molecule has 2 aliphatic heterocycles. The number of amidine groups is 1. The molecule has 2 aromatic rings. The van der Waals surface area contributed by atoms with Crippen LogP contribution in [-0.2, 0) is 6.42 Å². The van der Waals surface area contributed by atoms with Crippen molar-refractivity contribution in [2.45, 2.75) is 18.9 Å². The average molecular weight is 326 g/mol. The Hall–Kier alpha value is -2.00. The highest BCUT2D eigenvalue weighted by Gasteiger charge is 2.28. The normalized spacial score (nSPS) is 17.6. The van der Waals surface area contributed by atoms with E-state index in [0.717, 1.165) is 43.3 Å². The zero-order valence-corrected chi connectivity index (χ0v) is 13.8. The van der Waals surface area contributed by atoms with Gasteiger partial charge in [0.05, 0.1) is 18.4 Å². The number of hydrogen-bond acceptors (Lipinski definition) is 3. The summed E-state index contributed by atoms with van der Waals surface area (Å²) in [7, 11) is 0. The predicted octanol–water partition coefficient (Wildman–Crippen LogP) is 3.84. The van der Waals surface area contributed by atoms with E-state index in [-0.39, 0.29) is 0 Å². The van der Waals surface area contributed by atoms with Crippen LogP contribution in [0, 0.1) is 0 Å². The summed E-state index contributed by atoms with van der Waals surface area (Å²) in [4.78, 5) is 7.11. The predicted molar refractivity (Wildman–Crippen MR) is 96.6 cm³/mol. The van der Waals surface area contributed by atoms with E-state index < -0.39 is 0 Å². The Labute approximate surface area is 142 Å². The Morgan fingerprint density at radius 1 is 1.13 bits per heavy atom. The zero-order valence-electron chi connectivity index (χ0n) is 13.0. The molecule has 1 unspecified atom stereocenters. The molecule has 3 nitrogen and oxygen atoms in total. The molecule has 0 bridgehead atoms. The summed E-state index contributed by atoms with van der Waals surface area (Å²) in [5.41, 5.74) is 4.08. The maximum atomic E-state index is 6.08. The number of halogens is 1. The number of hydrogen-bond donors (Lipinski definition) is 1. The summed E-state index contributed by atoms with van der Waals surface area (Å²) in [6, 6.07) is 17.3. The van der Waals surface area contributed by atoms with Crippen molar-refractivity contribution < 1.29 is 0 Å². The average Bonchev–Trinajstić information content (AvgIpc) is 3.23. The second-order valence-corrected chi connectivity index (χ2v) is 6.54. The maximum absolute atomic E-state index is 6.08. The lowest BCUT2D eigenvalue weighted by Crippen LogP contribution is -2.31. The van der Waals surface area contributed by atoms with Crippen molar-refractivity contribution in [1.82, 2.24) is 5.32 Å². The number of fused-ring (bicyclic) bond motifs is 1. The fraction of sp³-hybridized carbons (Fsp3) is 0.316. The lowest BCUT2D eigenvalue weighted by molar-refractivity contribution is 0.656. The molecule has 0 aromatic heterocycles. The van der Waals surface area contributed by atoms with Gasteiger partial charge < -0.3 is 10.2 Å². The third-order valence-electron chi connectivity index (χ3n) is 4.68. The monoisotopic (exact) mass is 325 g/mol. The van der Waals surface area contributed by atoms with Crippen LogP contribution >= 0.6 is 11.6 Å². The molecular formula is C19H20ClN3. The van der Waals surface area contributed by atoms with E-state index in [2.05, 4.69) is 51.6 Å². The Morgan fingerprint density at radius 2 is 1.96 bits per heavy atom. The summed E-state index contributed by atoms with van der Waals surface area (Å²) in [6.07, 6.45) is 2.02. The minimum atomic E-state index is 0.292. The van der Waals surface area contributed by atoms with Crippen molar-refractivity contribution in [2.24, 2.45) is 4.99 Å². The van der Waals surface area contributed by atoms with Crippen LogP contribution in [0.5, 0.6) is 0 Å². The topological polar surface area (TPSA) is 27.6 Å². The first-order valence-corrected chi connectivity index (χ1v) is 8.56. The van der Waals surface area contributed by atoms with Gasteiger partial charge in [-0.1, -0.05) is 41.9 Å². The van der Waals surface area contributed by atoms with Crippen molar-refractivity contribution in [2.75, 3.05) is 24.5 Å². The van der Waals surface area contributed by atoms with E-state index >= 15 is 0 Å². The lowest BCUT2D eigenvalue weighted by Gasteiger charge is -2.31. The Kier molecular flexibility index (Phi) is 3.96. The maximum Gasteiger partial charge on any atom is 0.0988 e. The number of nitrogens with one attached hydrogen (secondary N) is 1. The fourth-order valence-electron chi connectivity index (χ4n) is 3.55. The molecule has 23 heavy (non-hydrogen) atoms. The fourth-order valence-corrected chi connectivity index (χ4v) is 3.67. The summed E-state index contributed by atoms with van der Waals surface area (Å²) in [6.45, 7) is 2.90. The van der Waals surface area contributed by atoms with Crippen LogP contribution in [0.1, 0.15) is 23.6 Å². The van der Waals surface area contributed by atoms with Crippen molar-refractivity contribution in [3.05, 3.63) is 64.7 Å². The van der Waals surface area contributed by atoms with Crippen LogP contribution in [0.25, 0.3) is 0 Å². The molecule has 2 aromatic carbocycles. The largest absolute Gasteiger partial charge is 0.372 e. The highest BCUT2D eigenvalue weighted by Crippen LogP contribution is 2.37. The first-order valence-electron chi connectivity index (χ1n) is 8.18. The second-order valence-electron chi connectivity index (χ2n) is 6.10. The Bertz CT molecular complexity index is 724. The number of aliphatic imine (C=N–C) groups is 1. The van der Waals surface area contributed by atoms with Gasteiger partial charge in [-0.05, 0) is 35.7 Å². The molecule has 1 N–H and O–H groups in total. The van der Waals surface area contributed by atoms with E-state index in [9.17, 15) is 0 Å². The van der Waals surface area contributed by atoms with Crippen molar-refractivity contribution in [1.29, 1.82) is 0 Å². The zero-order chi connectivity index (χ0) is 15.6. The van der Waals surface area contributed by atoms with Crippen LogP contribution < -0.4 is 10.2 Å². The quantitative estimate of drug-likeness (QED) is 0.925. The van der Waals surface area contributed by atoms with Gasteiger partial charge in [-0.25, -0.2) is 0 Å². The second kappa shape index (κ2) is 6.25.